The SMILES string of the molecule is CCN(CC(=O)N1N=C(c2ccc(F)cc2)C[C@@H]1c1cc(C)ccc1C)C(C)C. The van der Waals surface area contributed by atoms with E-state index in [1.54, 1.807) is 17.1 Å². The lowest BCUT2D eigenvalue weighted by Gasteiger charge is -2.29. The van der Waals surface area contributed by atoms with Crippen LogP contribution in [0, 0.1) is 19.7 Å². The van der Waals surface area contributed by atoms with E-state index in [1.165, 1.54) is 12.1 Å². The summed E-state index contributed by atoms with van der Waals surface area (Å²) in [5, 5.41) is 6.36. The van der Waals surface area contributed by atoms with Gasteiger partial charge in [-0.25, -0.2) is 9.40 Å². The minimum atomic E-state index is -0.276. The van der Waals surface area contributed by atoms with E-state index in [-0.39, 0.29) is 23.8 Å². The summed E-state index contributed by atoms with van der Waals surface area (Å²) in [7, 11) is 0. The van der Waals surface area contributed by atoms with Crippen molar-refractivity contribution in [3.63, 3.8) is 0 Å². The summed E-state index contributed by atoms with van der Waals surface area (Å²) in [6.45, 7) is 11.5. The molecular weight excluding hydrogens is 365 g/mol. The quantitative estimate of drug-likeness (QED) is 0.701. The van der Waals surface area contributed by atoms with Gasteiger partial charge in [0.2, 0.25) is 0 Å². The molecule has 29 heavy (non-hydrogen) atoms. The molecule has 0 unspecified atom stereocenters. The van der Waals surface area contributed by atoms with Crippen LogP contribution >= 0.6 is 0 Å². The lowest BCUT2D eigenvalue weighted by atomic mass is 9.94. The number of hydrogen-bond acceptors (Lipinski definition) is 3. The van der Waals surface area contributed by atoms with Crippen molar-refractivity contribution in [3.8, 4) is 0 Å². The Hall–Kier alpha value is -2.53. The number of halogens is 1. The van der Waals surface area contributed by atoms with Crippen molar-refractivity contribution in [1.29, 1.82) is 0 Å². The summed E-state index contributed by atoms with van der Waals surface area (Å²) < 4.78 is 13.4. The number of carbonyl (C=O) groups excluding carboxylic acids is 1. The molecule has 0 saturated heterocycles. The van der Waals surface area contributed by atoms with Crippen molar-refractivity contribution in [2.24, 2.45) is 5.10 Å². The highest BCUT2D eigenvalue weighted by Crippen LogP contribution is 2.35. The highest BCUT2D eigenvalue weighted by Gasteiger charge is 2.34. The van der Waals surface area contributed by atoms with Crippen LogP contribution in [0.15, 0.2) is 47.6 Å². The van der Waals surface area contributed by atoms with Gasteiger partial charge in [0.15, 0.2) is 0 Å². The smallest absolute Gasteiger partial charge is 0.257 e. The van der Waals surface area contributed by atoms with Gasteiger partial charge in [0.1, 0.15) is 5.82 Å². The second-order valence-corrected chi connectivity index (χ2v) is 8.03. The molecule has 0 N–H and O–H groups in total. The van der Waals surface area contributed by atoms with Crippen LogP contribution in [-0.4, -0.2) is 40.7 Å². The van der Waals surface area contributed by atoms with Crippen molar-refractivity contribution >= 4 is 11.6 Å². The Labute approximate surface area is 173 Å². The van der Waals surface area contributed by atoms with Gasteiger partial charge in [0, 0.05) is 12.5 Å². The topological polar surface area (TPSA) is 35.9 Å². The first-order valence-corrected chi connectivity index (χ1v) is 10.3. The lowest BCUT2D eigenvalue weighted by molar-refractivity contribution is -0.134. The normalized spacial score (nSPS) is 16.6. The molecule has 0 saturated carbocycles. The fourth-order valence-electron chi connectivity index (χ4n) is 3.82. The molecule has 1 aliphatic heterocycles. The zero-order valence-electron chi connectivity index (χ0n) is 17.9. The Morgan fingerprint density at radius 3 is 2.52 bits per heavy atom. The number of rotatable bonds is 6. The summed E-state index contributed by atoms with van der Waals surface area (Å²) in [5.41, 5.74) is 5.09. The Morgan fingerprint density at radius 2 is 1.90 bits per heavy atom. The highest BCUT2D eigenvalue weighted by molar-refractivity contribution is 6.03. The van der Waals surface area contributed by atoms with Gasteiger partial charge in [-0.15, -0.1) is 0 Å². The molecule has 1 aliphatic rings. The second kappa shape index (κ2) is 8.87. The predicted octanol–water partition coefficient (Wildman–Crippen LogP) is 4.85. The number of hydrazone groups is 1. The first-order chi connectivity index (χ1) is 13.8. The molecule has 1 atom stereocenters. The van der Waals surface area contributed by atoms with Gasteiger partial charge < -0.3 is 0 Å². The summed E-state index contributed by atoms with van der Waals surface area (Å²) in [6, 6.07) is 12.8. The third kappa shape index (κ3) is 4.73. The maximum absolute atomic E-state index is 13.4. The monoisotopic (exact) mass is 395 g/mol. The van der Waals surface area contributed by atoms with Crippen molar-refractivity contribution in [2.45, 2.75) is 53.1 Å². The van der Waals surface area contributed by atoms with E-state index in [0.717, 1.165) is 34.5 Å². The molecule has 154 valence electrons. The molecular formula is C24H30FN3O. The van der Waals surface area contributed by atoms with Crippen molar-refractivity contribution < 1.29 is 9.18 Å². The summed E-state index contributed by atoms with van der Waals surface area (Å²) in [4.78, 5) is 15.4. The average Bonchev–Trinajstić information content (AvgIpc) is 3.13. The molecule has 3 rings (SSSR count). The van der Waals surface area contributed by atoms with Crippen LogP contribution in [0.4, 0.5) is 4.39 Å². The van der Waals surface area contributed by atoms with E-state index in [0.29, 0.717) is 13.0 Å². The summed E-state index contributed by atoms with van der Waals surface area (Å²) in [6.07, 6.45) is 0.621. The number of hydrogen-bond donors (Lipinski definition) is 0. The number of benzene rings is 2. The maximum atomic E-state index is 13.4. The van der Waals surface area contributed by atoms with E-state index in [1.807, 2.05) is 0 Å². The first-order valence-electron chi connectivity index (χ1n) is 10.3. The minimum absolute atomic E-state index is 0.0106. The molecule has 0 aliphatic carbocycles. The highest BCUT2D eigenvalue weighted by atomic mass is 19.1. The van der Waals surface area contributed by atoms with E-state index in [2.05, 4.69) is 57.7 Å². The molecule has 0 fully saturated rings. The largest absolute Gasteiger partial charge is 0.292 e. The van der Waals surface area contributed by atoms with Gasteiger partial charge in [-0.05, 0) is 63.1 Å². The molecule has 4 nitrogen and oxygen atoms in total. The van der Waals surface area contributed by atoms with Gasteiger partial charge in [-0.2, -0.15) is 5.10 Å². The van der Waals surface area contributed by atoms with Crippen LogP contribution in [0.3, 0.4) is 0 Å². The second-order valence-electron chi connectivity index (χ2n) is 8.03. The standard InChI is InChI=1S/C24H30FN3O/c1-6-27(16(2)3)15-24(29)28-23(21-13-17(4)7-8-18(21)5)14-22(26-28)19-9-11-20(25)12-10-19/h7-13,16,23H,6,14-15H2,1-5H3/t23-/m1/s1. The van der Waals surface area contributed by atoms with Gasteiger partial charge in [-0.1, -0.05) is 42.8 Å². The van der Waals surface area contributed by atoms with Gasteiger partial charge in [0.05, 0.1) is 18.3 Å². The van der Waals surface area contributed by atoms with Crippen LogP contribution in [-0.2, 0) is 4.79 Å². The summed E-state index contributed by atoms with van der Waals surface area (Å²) >= 11 is 0. The zero-order chi connectivity index (χ0) is 21.1. The van der Waals surface area contributed by atoms with Crippen molar-refractivity contribution in [3.05, 3.63) is 70.5 Å². The van der Waals surface area contributed by atoms with Crippen LogP contribution in [0.5, 0.6) is 0 Å². The van der Waals surface area contributed by atoms with E-state index >= 15 is 0 Å². The molecule has 1 heterocycles. The molecule has 0 radical (unpaired) electrons. The van der Waals surface area contributed by atoms with Crippen molar-refractivity contribution in [1.82, 2.24) is 9.91 Å². The molecule has 2 aromatic rings. The van der Waals surface area contributed by atoms with E-state index in [4.69, 9.17) is 5.10 Å². The van der Waals surface area contributed by atoms with Crippen LogP contribution < -0.4 is 0 Å². The van der Waals surface area contributed by atoms with E-state index < -0.39 is 0 Å². The number of carbonyl (C=O) groups is 1. The Morgan fingerprint density at radius 1 is 1.21 bits per heavy atom. The average molecular weight is 396 g/mol. The molecule has 0 bridgehead atoms. The Kier molecular flexibility index (Phi) is 6.48. The molecule has 0 spiro atoms. The number of nitrogens with zero attached hydrogens (tertiary/aromatic N) is 3. The third-order valence-electron chi connectivity index (χ3n) is 5.61. The van der Waals surface area contributed by atoms with Crippen LogP contribution in [0.2, 0.25) is 0 Å². The molecule has 0 aromatic heterocycles. The van der Waals surface area contributed by atoms with Gasteiger partial charge in [-0.3, -0.25) is 9.69 Å². The molecule has 5 heteroatoms. The Bertz CT molecular complexity index is 905. The van der Waals surface area contributed by atoms with E-state index in [9.17, 15) is 9.18 Å². The number of likely N-dealkylation sites (N-methyl/N-ethyl adjacent to an activating group) is 1. The predicted molar refractivity (Wildman–Crippen MR) is 115 cm³/mol. The van der Waals surface area contributed by atoms with Gasteiger partial charge >= 0.3 is 0 Å². The third-order valence-corrected chi connectivity index (χ3v) is 5.61. The zero-order valence-corrected chi connectivity index (χ0v) is 17.9. The lowest BCUT2D eigenvalue weighted by Crippen LogP contribution is -2.41. The van der Waals surface area contributed by atoms with Gasteiger partial charge in [0.25, 0.3) is 5.91 Å². The van der Waals surface area contributed by atoms with Crippen LogP contribution in [0.25, 0.3) is 0 Å². The first kappa shape index (κ1) is 21.2. The fraction of sp³-hybridized carbons (Fsp3) is 0.417. The minimum Gasteiger partial charge on any atom is -0.292 e. The van der Waals surface area contributed by atoms with Crippen LogP contribution in [0.1, 0.15) is 55.5 Å². The molecule has 1 amide bonds. The number of amides is 1. The Balaban J connectivity index is 1.96. The van der Waals surface area contributed by atoms with Crippen molar-refractivity contribution in [2.75, 3.05) is 13.1 Å². The number of aryl methyl sites for hydroxylation is 2. The fourth-order valence-corrected chi connectivity index (χ4v) is 3.82. The maximum Gasteiger partial charge on any atom is 0.257 e. The molecule has 2 aromatic carbocycles. The summed E-state index contributed by atoms with van der Waals surface area (Å²) in [5.74, 6) is -0.287.